The van der Waals surface area contributed by atoms with Gasteiger partial charge in [-0.15, -0.1) is 0 Å². The van der Waals surface area contributed by atoms with Crippen molar-refractivity contribution in [1.82, 2.24) is 0 Å². The highest BCUT2D eigenvalue weighted by Crippen LogP contribution is 2.07. The molecular formula is C10H20O2. The second kappa shape index (κ2) is 7.14. The van der Waals surface area contributed by atoms with Crippen molar-refractivity contribution < 1.29 is 9.53 Å². The normalized spacial score (nSPS) is 12.6. The summed E-state index contributed by atoms with van der Waals surface area (Å²) in [7, 11) is 0. The Morgan fingerprint density at radius 1 is 1.33 bits per heavy atom. The van der Waals surface area contributed by atoms with Gasteiger partial charge in [-0.25, -0.2) is 0 Å². The molecule has 0 rings (SSSR count). The fraction of sp³-hybridized carbons (Fsp3) is 0.900. The number of hydrogen-bond acceptors (Lipinski definition) is 2. The van der Waals surface area contributed by atoms with Crippen molar-refractivity contribution in [1.29, 1.82) is 0 Å². The van der Waals surface area contributed by atoms with Crippen LogP contribution in [-0.4, -0.2) is 12.6 Å². The van der Waals surface area contributed by atoms with Crippen LogP contribution in [0.3, 0.4) is 0 Å². The van der Waals surface area contributed by atoms with E-state index in [0.29, 0.717) is 6.61 Å². The Labute approximate surface area is 75.3 Å². The number of ether oxygens (including phenoxy) is 1. The Bertz CT molecular complexity index is 121. The highest BCUT2D eigenvalue weighted by atomic mass is 16.5. The number of carbonyl (C=O) groups excluding carboxylic acids is 1. The quantitative estimate of drug-likeness (QED) is 0.455. The zero-order valence-electron chi connectivity index (χ0n) is 8.43. The van der Waals surface area contributed by atoms with E-state index < -0.39 is 0 Å². The molecule has 0 N–H and O–H groups in total. The maximum absolute atomic E-state index is 11.2. The van der Waals surface area contributed by atoms with Gasteiger partial charge in [0.1, 0.15) is 0 Å². The van der Waals surface area contributed by atoms with Gasteiger partial charge >= 0.3 is 5.97 Å². The predicted molar refractivity (Wildman–Crippen MR) is 49.9 cm³/mol. The lowest BCUT2D eigenvalue weighted by molar-refractivity contribution is -0.148. The van der Waals surface area contributed by atoms with Crippen LogP contribution in [0.5, 0.6) is 0 Å². The van der Waals surface area contributed by atoms with Gasteiger partial charge in [0.25, 0.3) is 0 Å². The average molecular weight is 172 g/mol. The number of rotatable bonds is 6. The van der Waals surface area contributed by atoms with Gasteiger partial charge in [0.15, 0.2) is 0 Å². The first-order valence-electron chi connectivity index (χ1n) is 4.89. The zero-order chi connectivity index (χ0) is 9.40. The van der Waals surface area contributed by atoms with Crippen LogP contribution in [0.1, 0.15) is 46.5 Å². The lowest BCUT2D eigenvalue weighted by Gasteiger charge is -2.09. The molecule has 12 heavy (non-hydrogen) atoms. The van der Waals surface area contributed by atoms with Crippen molar-refractivity contribution >= 4 is 5.97 Å². The summed E-state index contributed by atoms with van der Waals surface area (Å²) in [6.07, 6.45) is 4.04. The van der Waals surface area contributed by atoms with Crippen molar-refractivity contribution in [3.8, 4) is 0 Å². The molecule has 0 bridgehead atoms. The van der Waals surface area contributed by atoms with Crippen LogP contribution < -0.4 is 0 Å². The van der Waals surface area contributed by atoms with Crippen LogP contribution in [0.4, 0.5) is 0 Å². The Morgan fingerprint density at radius 3 is 2.50 bits per heavy atom. The zero-order valence-corrected chi connectivity index (χ0v) is 8.43. The summed E-state index contributed by atoms with van der Waals surface area (Å²) in [6.45, 7) is 6.68. The molecule has 0 aliphatic heterocycles. The van der Waals surface area contributed by atoms with Crippen LogP contribution in [-0.2, 0) is 9.53 Å². The third-order valence-electron chi connectivity index (χ3n) is 1.87. The van der Waals surface area contributed by atoms with E-state index in [1.54, 1.807) is 0 Å². The smallest absolute Gasteiger partial charge is 0.308 e. The SMILES string of the molecule is CCCCOC(=O)[C@@H](C)CCC. The number of esters is 1. The first kappa shape index (κ1) is 11.5. The minimum absolute atomic E-state index is 0.0368. The third-order valence-corrected chi connectivity index (χ3v) is 1.87. The third kappa shape index (κ3) is 5.16. The van der Waals surface area contributed by atoms with Crippen LogP contribution in [0.15, 0.2) is 0 Å². The second-order valence-corrected chi connectivity index (χ2v) is 3.21. The van der Waals surface area contributed by atoms with Crippen molar-refractivity contribution in [2.45, 2.75) is 46.5 Å². The molecule has 0 aromatic heterocycles. The molecule has 0 unspecified atom stereocenters. The largest absolute Gasteiger partial charge is 0.465 e. The van der Waals surface area contributed by atoms with Crippen molar-refractivity contribution in [2.75, 3.05) is 6.61 Å². The van der Waals surface area contributed by atoms with E-state index in [1.165, 1.54) is 0 Å². The summed E-state index contributed by atoms with van der Waals surface area (Å²) in [5, 5.41) is 0. The molecular weight excluding hydrogens is 152 g/mol. The topological polar surface area (TPSA) is 26.3 Å². The molecule has 0 aliphatic rings. The maximum atomic E-state index is 11.2. The number of hydrogen-bond donors (Lipinski definition) is 0. The van der Waals surface area contributed by atoms with Crippen molar-refractivity contribution in [3.05, 3.63) is 0 Å². The van der Waals surface area contributed by atoms with Gasteiger partial charge in [-0.2, -0.15) is 0 Å². The average Bonchev–Trinajstić information content (AvgIpc) is 2.05. The Kier molecular flexibility index (Phi) is 6.82. The maximum Gasteiger partial charge on any atom is 0.308 e. The number of carbonyl (C=O) groups is 1. The molecule has 0 spiro atoms. The molecule has 0 heterocycles. The molecule has 72 valence electrons. The van der Waals surface area contributed by atoms with E-state index in [1.807, 2.05) is 6.92 Å². The molecule has 0 amide bonds. The summed E-state index contributed by atoms with van der Waals surface area (Å²) in [5.41, 5.74) is 0. The van der Waals surface area contributed by atoms with Crippen molar-refractivity contribution in [2.24, 2.45) is 5.92 Å². The van der Waals surface area contributed by atoms with Gasteiger partial charge in [0.05, 0.1) is 12.5 Å². The highest BCUT2D eigenvalue weighted by Gasteiger charge is 2.12. The fourth-order valence-electron chi connectivity index (χ4n) is 1.01. The summed E-state index contributed by atoms with van der Waals surface area (Å²) in [5.74, 6) is 0.0390. The van der Waals surface area contributed by atoms with E-state index in [9.17, 15) is 4.79 Å². The van der Waals surface area contributed by atoms with E-state index in [0.717, 1.165) is 25.7 Å². The first-order valence-corrected chi connectivity index (χ1v) is 4.89. The standard InChI is InChI=1S/C10H20O2/c1-4-6-8-12-10(11)9(3)7-5-2/h9H,4-8H2,1-3H3/t9-/m0/s1. The summed E-state index contributed by atoms with van der Waals surface area (Å²) in [6, 6.07) is 0. The number of unbranched alkanes of at least 4 members (excludes halogenated alkanes) is 1. The molecule has 2 heteroatoms. The van der Waals surface area contributed by atoms with E-state index in [2.05, 4.69) is 13.8 Å². The highest BCUT2D eigenvalue weighted by molar-refractivity contribution is 5.71. The summed E-state index contributed by atoms with van der Waals surface area (Å²) >= 11 is 0. The Balaban J connectivity index is 3.43. The minimum Gasteiger partial charge on any atom is -0.465 e. The van der Waals surface area contributed by atoms with Crippen LogP contribution in [0.2, 0.25) is 0 Å². The lowest BCUT2D eigenvalue weighted by atomic mass is 10.1. The van der Waals surface area contributed by atoms with E-state index in [-0.39, 0.29) is 11.9 Å². The van der Waals surface area contributed by atoms with Gasteiger partial charge in [0.2, 0.25) is 0 Å². The molecule has 0 saturated heterocycles. The van der Waals surface area contributed by atoms with Gasteiger partial charge < -0.3 is 4.74 Å². The molecule has 0 aliphatic carbocycles. The summed E-state index contributed by atoms with van der Waals surface area (Å²) < 4.78 is 5.06. The molecule has 0 fully saturated rings. The summed E-state index contributed by atoms with van der Waals surface area (Å²) in [4.78, 5) is 11.2. The van der Waals surface area contributed by atoms with E-state index >= 15 is 0 Å². The predicted octanol–water partition coefficient (Wildman–Crippen LogP) is 2.77. The van der Waals surface area contributed by atoms with Crippen LogP contribution in [0.25, 0.3) is 0 Å². The van der Waals surface area contributed by atoms with Crippen LogP contribution in [0, 0.1) is 5.92 Å². The van der Waals surface area contributed by atoms with Crippen LogP contribution >= 0.6 is 0 Å². The molecule has 0 radical (unpaired) electrons. The Hall–Kier alpha value is -0.530. The fourth-order valence-corrected chi connectivity index (χ4v) is 1.01. The molecule has 0 aromatic rings. The molecule has 2 nitrogen and oxygen atoms in total. The van der Waals surface area contributed by atoms with Gasteiger partial charge in [-0.3, -0.25) is 4.79 Å². The van der Waals surface area contributed by atoms with Gasteiger partial charge in [-0.05, 0) is 12.8 Å². The lowest BCUT2D eigenvalue weighted by Crippen LogP contribution is -2.15. The Morgan fingerprint density at radius 2 is 2.00 bits per heavy atom. The second-order valence-electron chi connectivity index (χ2n) is 3.21. The molecule has 0 aromatic carbocycles. The molecule has 0 saturated carbocycles. The van der Waals surface area contributed by atoms with E-state index in [4.69, 9.17) is 4.74 Å². The monoisotopic (exact) mass is 172 g/mol. The van der Waals surface area contributed by atoms with Gasteiger partial charge in [0, 0.05) is 0 Å². The minimum atomic E-state index is -0.0368. The molecule has 1 atom stereocenters. The van der Waals surface area contributed by atoms with Crippen molar-refractivity contribution in [3.63, 3.8) is 0 Å². The van der Waals surface area contributed by atoms with Gasteiger partial charge in [-0.1, -0.05) is 33.6 Å². The first-order chi connectivity index (χ1) is 5.72.